The molecule has 2 aromatic rings. The van der Waals surface area contributed by atoms with E-state index in [2.05, 4.69) is 5.32 Å². The van der Waals surface area contributed by atoms with E-state index in [9.17, 15) is 4.79 Å². The number of carbonyl (C=O) groups excluding carboxylic acids is 1. The molecule has 0 unspecified atom stereocenters. The number of nitrogens with two attached hydrogens (primary N) is 1. The maximum atomic E-state index is 12.3. The summed E-state index contributed by atoms with van der Waals surface area (Å²) >= 11 is 5.95. The number of carbonyl (C=O) groups is 1. The topological polar surface area (TPSA) is 58.4 Å². The minimum absolute atomic E-state index is 0.205. The van der Waals surface area contributed by atoms with Gasteiger partial charge in [0.25, 0.3) is 5.91 Å². The van der Waals surface area contributed by atoms with Crippen LogP contribution < -0.4 is 11.1 Å². The van der Waals surface area contributed by atoms with Crippen LogP contribution in [0.25, 0.3) is 0 Å². The summed E-state index contributed by atoms with van der Waals surface area (Å²) in [6, 6.07) is 12.6. The highest BCUT2D eigenvalue weighted by Crippen LogP contribution is 2.22. The number of para-hydroxylation sites is 1. The summed E-state index contributed by atoms with van der Waals surface area (Å²) in [5.41, 5.74) is 8.44. The Morgan fingerprint density at radius 3 is 2.62 bits per heavy atom. The summed E-state index contributed by atoms with van der Waals surface area (Å²) in [4.78, 5) is 14.3. The van der Waals surface area contributed by atoms with Crippen LogP contribution in [-0.4, -0.2) is 24.9 Å². The Hall–Kier alpha value is -2.04. The maximum Gasteiger partial charge on any atom is 0.255 e. The molecular formula is C16H18ClN3O. The van der Waals surface area contributed by atoms with Crippen LogP contribution in [0.5, 0.6) is 0 Å². The second kappa shape index (κ2) is 6.61. The third kappa shape index (κ3) is 3.97. The van der Waals surface area contributed by atoms with Crippen molar-refractivity contribution >= 4 is 28.9 Å². The lowest BCUT2D eigenvalue weighted by Gasteiger charge is -2.15. The molecule has 5 heteroatoms. The van der Waals surface area contributed by atoms with Gasteiger partial charge in [-0.1, -0.05) is 29.8 Å². The van der Waals surface area contributed by atoms with E-state index in [0.717, 1.165) is 17.8 Å². The maximum absolute atomic E-state index is 12.3. The Bertz CT molecular complexity index is 656. The first-order valence-corrected chi connectivity index (χ1v) is 6.94. The number of nitrogens with zero attached hydrogens (tertiary/aromatic N) is 1. The van der Waals surface area contributed by atoms with E-state index in [1.165, 1.54) is 0 Å². The Morgan fingerprint density at radius 2 is 1.95 bits per heavy atom. The van der Waals surface area contributed by atoms with Crippen molar-refractivity contribution in [3.63, 3.8) is 0 Å². The van der Waals surface area contributed by atoms with E-state index in [1.807, 2.05) is 43.3 Å². The molecule has 0 saturated heterocycles. The number of nitrogen functional groups attached to an aromatic ring is 1. The van der Waals surface area contributed by atoms with Crippen LogP contribution in [-0.2, 0) is 6.54 Å². The first-order chi connectivity index (χ1) is 9.97. The molecule has 1 amide bonds. The second-order valence-corrected chi connectivity index (χ2v) is 5.49. The van der Waals surface area contributed by atoms with Crippen molar-refractivity contribution < 1.29 is 4.79 Å². The van der Waals surface area contributed by atoms with Crippen LogP contribution in [0.3, 0.4) is 0 Å². The number of hydrogen-bond acceptors (Lipinski definition) is 3. The lowest BCUT2D eigenvalue weighted by molar-refractivity contribution is 0.102. The quantitative estimate of drug-likeness (QED) is 0.853. The third-order valence-corrected chi connectivity index (χ3v) is 3.34. The number of rotatable bonds is 4. The minimum Gasteiger partial charge on any atom is -0.398 e. The Morgan fingerprint density at radius 1 is 1.24 bits per heavy atom. The van der Waals surface area contributed by atoms with E-state index in [0.29, 0.717) is 16.3 Å². The van der Waals surface area contributed by atoms with Gasteiger partial charge in [0.05, 0.1) is 10.7 Å². The van der Waals surface area contributed by atoms with E-state index in [1.54, 1.807) is 18.2 Å². The van der Waals surface area contributed by atoms with Crippen molar-refractivity contribution in [1.29, 1.82) is 0 Å². The van der Waals surface area contributed by atoms with Crippen molar-refractivity contribution in [2.45, 2.75) is 6.54 Å². The van der Waals surface area contributed by atoms with E-state index < -0.39 is 0 Å². The van der Waals surface area contributed by atoms with Crippen molar-refractivity contribution in [3.05, 3.63) is 58.6 Å². The first kappa shape index (κ1) is 15.4. The summed E-state index contributed by atoms with van der Waals surface area (Å²) in [5.74, 6) is -0.205. The fraction of sp³-hybridized carbons (Fsp3) is 0.188. The molecule has 2 aromatic carbocycles. The van der Waals surface area contributed by atoms with Crippen molar-refractivity contribution in [2.24, 2.45) is 0 Å². The van der Waals surface area contributed by atoms with Gasteiger partial charge in [-0.2, -0.15) is 0 Å². The Labute approximate surface area is 129 Å². The van der Waals surface area contributed by atoms with Gasteiger partial charge in [0, 0.05) is 17.8 Å². The molecule has 4 nitrogen and oxygen atoms in total. The Kier molecular flexibility index (Phi) is 4.83. The van der Waals surface area contributed by atoms with Gasteiger partial charge in [0.2, 0.25) is 0 Å². The van der Waals surface area contributed by atoms with E-state index in [4.69, 9.17) is 17.3 Å². The Balaban J connectivity index is 2.21. The van der Waals surface area contributed by atoms with Crippen molar-refractivity contribution in [1.82, 2.24) is 4.90 Å². The fourth-order valence-corrected chi connectivity index (χ4v) is 2.16. The molecule has 110 valence electrons. The second-order valence-electron chi connectivity index (χ2n) is 5.09. The highest BCUT2D eigenvalue weighted by Gasteiger charge is 2.10. The normalized spacial score (nSPS) is 10.7. The number of hydrogen-bond donors (Lipinski definition) is 2. The molecule has 0 aliphatic heterocycles. The lowest BCUT2D eigenvalue weighted by Crippen LogP contribution is -2.16. The molecule has 3 N–H and O–H groups in total. The largest absolute Gasteiger partial charge is 0.398 e. The zero-order valence-electron chi connectivity index (χ0n) is 12.1. The number of halogens is 1. The standard InChI is InChI=1S/C16H18ClN3O/c1-20(2)10-12-5-3-4-6-15(12)19-16(21)11-7-8-14(18)13(17)9-11/h3-9H,10,18H2,1-2H3,(H,19,21). The molecule has 0 saturated carbocycles. The number of benzene rings is 2. The predicted octanol–water partition coefficient (Wildman–Crippen LogP) is 3.24. The number of anilines is 2. The lowest BCUT2D eigenvalue weighted by atomic mass is 10.1. The predicted molar refractivity (Wildman–Crippen MR) is 87.7 cm³/mol. The fourth-order valence-electron chi connectivity index (χ4n) is 1.98. The zero-order valence-corrected chi connectivity index (χ0v) is 12.8. The smallest absolute Gasteiger partial charge is 0.255 e. The molecular weight excluding hydrogens is 286 g/mol. The van der Waals surface area contributed by atoms with Gasteiger partial charge >= 0.3 is 0 Å². The average molecular weight is 304 g/mol. The van der Waals surface area contributed by atoms with Gasteiger partial charge < -0.3 is 16.0 Å². The molecule has 0 aliphatic rings. The average Bonchev–Trinajstić information content (AvgIpc) is 2.43. The summed E-state index contributed by atoms with van der Waals surface area (Å²) in [5, 5.41) is 3.29. The molecule has 0 radical (unpaired) electrons. The summed E-state index contributed by atoms with van der Waals surface area (Å²) in [7, 11) is 3.97. The minimum atomic E-state index is -0.205. The van der Waals surface area contributed by atoms with Gasteiger partial charge in [-0.05, 0) is 43.9 Å². The summed E-state index contributed by atoms with van der Waals surface area (Å²) < 4.78 is 0. The van der Waals surface area contributed by atoms with Crippen LogP contribution in [0, 0.1) is 0 Å². The zero-order chi connectivity index (χ0) is 15.4. The molecule has 0 atom stereocenters. The molecule has 2 rings (SSSR count). The van der Waals surface area contributed by atoms with E-state index in [-0.39, 0.29) is 5.91 Å². The number of amides is 1. The highest BCUT2D eigenvalue weighted by atomic mass is 35.5. The van der Waals surface area contributed by atoms with E-state index >= 15 is 0 Å². The molecule has 0 heterocycles. The molecule has 21 heavy (non-hydrogen) atoms. The molecule has 0 fully saturated rings. The van der Waals surface area contributed by atoms with Crippen molar-refractivity contribution in [2.75, 3.05) is 25.1 Å². The van der Waals surface area contributed by atoms with Crippen LogP contribution in [0.2, 0.25) is 5.02 Å². The monoisotopic (exact) mass is 303 g/mol. The van der Waals surface area contributed by atoms with Gasteiger partial charge in [-0.15, -0.1) is 0 Å². The molecule has 0 aliphatic carbocycles. The van der Waals surface area contributed by atoms with Crippen LogP contribution >= 0.6 is 11.6 Å². The van der Waals surface area contributed by atoms with Gasteiger partial charge in [-0.3, -0.25) is 4.79 Å². The van der Waals surface area contributed by atoms with Crippen LogP contribution in [0.1, 0.15) is 15.9 Å². The summed E-state index contributed by atoms with van der Waals surface area (Å²) in [6.07, 6.45) is 0. The SMILES string of the molecule is CN(C)Cc1ccccc1NC(=O)c1ccc(N)c(Cl)c1. The van der Waals surface area contributed by atoms with Crippen LogP contribution in [0.15, 0.2) is 42.5 Å². The van der Waals surface area contributed by atoms with Gasteiger partial charge in [0.1, 0.15) is 0 Å². The molecule has 0 bridgehead atoms. The van der Waals surface area contributed by atoms with Crippen molar-refractivity contribution in [3.8, 4) is 0 Å². The van der Waals surface area contributed by atoms with Gasteiger partial charge in [0.15, 0.2) is 0 Å². The van der Waals surface area contributed by atoms with Gasteiger partial charge in [-0.25, -0.2) is 0 Å². The molecule has 0 spiro atoms. The highest BCUT2D eigenvalue weighted by molar-refractivity contribution is 6.33. The number of nitrogens with one attached hydrogen (secondary N) is 1. The van der Waals surface area contributed by atoms with Crippen LogP contribution in [0.4, 0.5) is 11.4 Å². The summed E-state index contributed by atoms with van der Waals surface area (Å²) in [6.45, 7) is 0.749. The molecule has 0 aromatic heterocycles. The first-order valence-electron chi connectivity index (χ1n) is 6.56. The third-order valence-electron chi connectivity index (χ3n) is 3.01.